The second-order valence-electron chi connectivity index (χ2n) is 3.80. The Kier molecular flexibility index (Phi) is 5.51. The van der Waals surface area contributed by atoms with Crippen molar-refractivity contribution in [3.63, 3.8) is 0 Å². The first-order chi connectivity index (χ1) is 5.12. The Bertz CT molecular complexity index is 91.6. The highest BCUT2D eigenvalue weighted by Crippen LogP contribution is 2.21. The largest absolute Gasteiger partial charge is 0.384 e. The Morgan fingerprint density at radius 1 is 1.36 bits per heavy atom. The second-order valence-corrected chi connectivity index (χ2v) is 3.80. The lowest BCUT2D eigenvalue weighted by Gasteiger charge is -2.23. The quantitative estimate of drug-likeness (QED) is 0.595. The number of nitrogens with one attached hydrogen (secondary N) is 1. The molecule has 0 unspecified atom stereocenters. The molecule has 0 aromatic heterocycles. The van der Waals surface area contributed by atoms with Crippen LogP contribution in [-0.2, 0) is 4.74 Å². The van der Waals surface area contributed by atoms with Gasteiger partial charge in [0.25, 0.3) is 0 Å². The Morgan fingerprint density at radius 3 is 2.45 bits per heavy atom. The highest BCUT2D eigenvalue weighted by atomic mass is 16.5. The normalized spacial score (nSPS) is 12.0. The van der Waals surface area contributed by atoms with Crippen molar-refractivity contribution >= 4 is 0 Å². The van der Waals surface area contributed by atoms with Crippen LogP contribution < -0.4 is 5.32 Å². The van der Waals surface area contributed by atoms with Gasteiger partial charge >= 0.3 is 0 Å². The Labute approximate surface area is 70.3 Å². The molecule has 0 aliphatic carbocycles. The molecule has 0 aromatic carbocycles. The fourth-order valence-electron chi connectivity index (χ4n) is 1.21. The maximum Gasteiger partial charge on any atom is 0.0513 e. The smallest absolute Gasteiger partial charge is 0.0513 e. The molecule has 0 spiro atoms. The van der Waals surface area contributed by atoms with Crippen LogP contribution >= 0.6 is 0 Å². The van der Waals surface area contributed by atoms with Gasteiger partial charge in [0.1, 0.15) is 0 Å². The molecule has 2 nitrogen and oxygen atoms in total. The number of hydrogen-bond acceptors (Lipinski definition) is 2. The van der Waals surface area contributed by atoms with E-state index in [1.807, 2.05) is 7.05 Å². The monoisotopic (exact) mass is 159 g/mol. The minimum Gasteiger partial charge on any atom is -0.384 e. The van der Waals surface area contributed by atoms with Crippen molar-refractivity contribution < 1.29 is 4.74 Å². The summed E-state index contributed by atoms with van der Waals surface area (Å²) in [4.78, 5) is 0. The van der Waals surface area contributed by atoms with E-state index in [-0.39, 0.29) is 0 Å². The molecule has 2 heteroatoms. The fraction of sp³-hybridized carbons (Fsp3) is 1.00. The van der Waals surface area contributed by atoms with Gasteiger partial charge in [0.15, 0.2) is 0 Å². The Morgan fingerprint density at radius 2 is 2.00 bits per heavy atom. The molecule has 0 radical (unpaired) electrons. The van der Waals surface area contributed by atoms with E-state index in [4.69, 9.17) is 4.74 Å². The zero-order valence-corrected chi connectivity index (χ0v) is 8.24. The summed E-state index contributed by atoms with van der Waals surface area (Å²) in [6, 6.07) is 0. The summed E-state index contributed by atoms with van der Waals surface area (Å²) in [6.07, 6.45) is 2.45. The average Bonchev–Trinajstić information content (AvgIpc) is 1.87. The topological polar surface area (TPSA) is 21.3 Å². The summed E-state index contributed by atoms with van der Waals surface area (Å²) in [5.74, 6) is 0. The molecule has 11 heavy (non-hydrogen) atoms. The Hall–Kier alpha value is -0.0800. The first-order valence-electron chi connectivity index (χ1n) is 4.26. The summed E-state index contributed by atoms with van der Waals surface area (Å²) >= 11 is 0. The van der Waals surface area contributed by atoms with Crippen LogP contribution in [0.2, 0.25) is 0 Å². The van der Waals surface area contributed by atoms with Crippen molar-refractivity contribution in [2.75, 3.05) is 27.3 Å². The SMILES string of the molecule is CNCCCC(C)(C)COC. The van der Waals surface area contributed by atoms with E-state index in [9.17, 15) is 0 Å². The van der Waals surface area contributed by atoms with E-state index in [0.717, 1.165) is 13.2 Å². The second kappa shape index (κ2) is 5.56. The van der Waals surface area contributed by atoms with Gasteiger partial charge in [-0.2, -0.15) is 0 Å². The minimum absolute atomic E-state index is 0.339. The van der Waals surface area contributed by atoms with E-state index in [1.165, 1.54) is 12.8 Å². The molecule has 0 aliphatic heterocycles. The highest BCUT2D eigenvalue weighted by molar-refractivity contribution is 4.67. The van der Waals surface area contributed by atoms with Gasteiger partial charge in [0, 0.05) is 7.11 Å². The van der Waals surface area contributed by atoms with Crippen molar-refractivity contribution in [2.45, 2.75) is 26.7 Å². The van der Waals surface area contributed by atoms with Crippen LogP contribution in [0.15, 0.2) is 0 Å². The molecule has 0 saturated carbocycles. The molecular formula is C9H21NO. The van der Waals surface area contributed by atoms with E-state index in [1.54, 1.807) is 7.11 Å². The lowest BCUT2D eigenvalue weighted by Crippen LogP contribution is -2.20. The van der Waals surface area contributed by atoms with Crippen LogP contribution in [0.5, 0.6) is 0 Å². The van der Waals surface area contributed by atoms with Crippen molar-refractivity contribution in [3.8, 4) is 0 Å². The van der Waals surface area contributed by atoms with Crippen molar-refractivity contribution in [3.05, 3.63) is 0 Å². The number of hydrogen-bond donors (Lipinski definition) is 1. The van der Waals surface area contributed by atoms with Gasteiger partial charge in [-0.25, -0.2) is 0 Å². The molecule has 0 heterocycles. The van der Waals surface area contributed by atoms with Gasteiger partial charge in [0.05, 0.1) is 6.61 Å². The van der Waals surface area contributed by atoms with Gasteiger partial charge in [-0.05, 0) is 31.8 Å². The maximum atomic E-state index is 5.12. The van der Waals surface area contributed by atoms with E-state index >= 15 is 0 Å². The van der Waals surface area contributed by atoms with Crippen LogP contribution in [0.25, 0.3) is 0 Å². The number of rotatable bonds is 6. The van der Waals surface area contributed by atoms with E-state index < -0.39 is 0 Å². The molecule has 0 bridgehead atoms. The summed E-state index contributed by atoms with van der Waals surface area (Å²) in [6.45, 7) is 6.45. The molecule has 0 atom stereocenters. The molecule has 1 N–H and O–H groups in total. The molecule has 0 aromatic rings. The third-order valence-corrected chi connectivity index (χ3v) is 1.82. The van der Waals surface area contributed by atoms with Crippen molar-refractivity contribution in [2.24, 2.45) is 5.41 Å². The first-order valence-corrected chi connectivity index (χ1v) is 4.26. The average molecular weight is 159 g/mol. The van der Waals surface area contributed by atoms with Crippen molar-refractivity contribution in [1.29, 1.82) is 0 Å². The van der Waals surface area contributed by atoms with Gasteiger partial charge in [-0.15, -0.1) is 0 Å². The first kappa shape index (κ1) is 10.9. The molecule has 0 aliphatic rings. The molecule has 0 fully saturated rings. The predicted molar refractivity (Wildman–Crippen MR) is 48.8 cm³/mol. The third kappa shape index (κ3) is 6.32. The van der Waals surface area contributed by atoms with Gasteiger partial charge in [0.2, 0.25) is 0 Å². The zero-order valence-electron chi connectivity index (χ0n) is 8.24. The van der Waals surface area contributed by atoms with E-state index in [0.29, 0.717) is 5.41 Å². The molecule has 0 saturated heterocycles. The lowest BCUT2D eigenvalue weighted by atomic mass is 9.89. The van der Waals surface area contributed by atoms with E-state index in [2.05, 4.69) is 19.2 Å². The molecule has 0 rings (SSSR count). The van der Waals surface area contributed by atoms with Crippen LogP contribution in [0, 0.1) is 5.41 Å². The molecular weight excluding hydrogens is 138 g/mol. The molecule has 0 amide bonds. The van der Waals surface area contributed by atoms with Gasteiger partial charge < -0.3 is 10.1 Å². The Balaban J connectivity index is 3.38. The van der Waals surface area contributed by atoms with Crippen LogP contribution in [0.3, 0.4) is 0 Å². The summed E-state index contributed by atoms with van der Waals surface area (Å²) in [5, 5.41) is 3.14. The van der Waals surface area contributed by atoms with Gasteiger partial charge in [-0.3, -0.25) is 0 Å². The fourth-order valence-corrected chi connectivity index (χ4v) is 1.21. The lowest BCUT2D eigenvalue weighted by molar-refractivity contribution is 0.0969. The standard InChI is InChI=1S/C9H21NO/c1-9(2,8-11-4)6-5-7-10-3/h10H,5-8H2,1-4H3. The van der Waals surface area contributed by atoms with Crippen molar-refractivity contribution in [1.82, 2.24) is 5.32 Å². The predicted octanol–water partition coefficient (Wildman–Crippen LogP) is 1.66. The summed E-state index contributed by atoms with van der Waals surface area (Å²) < 4.78 is 5.12. The molecule has 68 valence electrons. The third-order valence-electron chi connectivity index (χ3n) is 1.82. The van der Waals surface area contributed by atoms with Crippen LogP contribution in [0.4, 0.5) is 0 Å². The number of methoxy groups -OCH3 is 1. The summed E-state index contributed by atoms with van der Waals surface area (Å²) in [7, 11) is 3.75. The summed E-state index contributed by atoms with van der Waals surface area (Å²) in [5.41, 5.74) is 0.339. The number of ether oxygens (including phenoxy) is 1. The maximum absolute atomic E-state index is 5.12. The highest BCUT2D eigenvalue weighted by Gasteiger charge is 2.16. The minimum atomic E-state index is 0.339. The van der Waals surface area contributed by atoms with Gasteiger partial charge in [-0.1, -0.05) is 13.8 Å². The van der Waals surface area contributed by atoms with Crippen LogP contribution in [-0.4, -0.2) is 27.3 Å². The van der Waals surface area contributed by atoms with Crippen LogP contribution in [0.1, 0.15) is 26.7 Å². The zero-order chi connectivity index (χ0) is 8.74.